The van der Waals surface area contributed by atoms with Crippen molar-refractivity contribution in [2.45, 2.75) is 6.61 Å². The Bertz CT molecular complexity index is 725. The van der Waals surface area contributed by atoms with Gasteiger partial charge in [0.15, 0.2) is 5.75 Å². The number of aromatic nitrogens is 1. The quantitative estimate of drug-likeness (QED) is 0.762. The summed E-state index contributed by atoms with van der Waals surface area (Å²) in [6.45, 7) is 0.800. The number of carbonyl (C=O) groups is 1. The Kier molecular flexibility index (Phi) is 6.02. The SMILES string of the molecule is C=CCN(CCO)C(=O)Nc1ccc(OC(F)F)c2ncccc12. The minimum Gasteiger partial charge on any atom is -0.432 e. The van der Waals surface area contributed by atoms with Gasteiger partial charge in [0.25, 0.3) is 0 Å². The summed E-state index contributed by atoms with van der Waals surface area (Å²) in [4.78, 5) is 17.7. The van der Waals surface area contributed by atoms with E-state index < -0.39 is 12.6 Å². The standard InChI is InChI=1S/C16H17F2N3O3/c1-2-8-21(9-10-22)16(23)20-12-5-6-13(24-15(17)18)14-11(12)4-3-7-19-14/h2-7,15,22H,1,8-10H2,(H,20,23). The molecule has 0 atom stereocenters. The molecular weight excluding hydrogens is 320 g/mol. The smallest absolute Gasteiger partial charge is 0.387 e. The Balaban J connectivity index is 2.32. The van der Waals surface area contributed by atoms with Crippen molar-refractivity contribution >= 4 is 22.6 Å². The molecule has 1 aromatic carbocycles. The number of nitrogens with zero attached hydrogens (tertiary/aromatic N) is 2. The van der Waals surface area contributed by atoms with Crippen LogP contribution in [0.3, 0.4) is 0 Å². The number of hydrogen-bond acceptors (Lipinski definition) is 4. The second kappa shape index (κ2) is 8.21. The third-order valence-electron chi connectivity index (χ3n) is 3.20. The molecule has 2 amide bonds. The van der Waals surface area contributed by atoms with E-state index in [2.05, 4.69) is 21.6 Å². The van der Waals surface area contributed by atoms with Crippen LogP contribution >= 0.6 is 0 Å². The molecule has 128 valence electrons. The van der Waals surface area contributed by atoms with Crippen LogP contribution in [0.1, 0.15) is 0 Å². The normalized spacial score (nSPS) is 10.7. The second-order valence-corrected chi connectivity index (χ2v) is 4.78. The van der Waals surface area contributed by atoms with E-state index in [-0.39, 0.29) is 31.0 Å². The van der Waals surface area contributed by atoms with E-state index in [4.69, 9.17) is 5.11 Å². The number of aliphatic hydroxyl groups excluding tert-OH is 1. The number of rotatable bonds is 7. The Labute approximate surface area is 137 Å². The van der Waals surface area contributed by atoms with Crippen LogP contribution in [0.5, 0.6) is 5.75 Å². The summed E-state index contributed by atoms with van der Waals surface area (Å²) in [5.41, 5.74) is 0.616. The highest BCUT2D eigenvalue weighted by Gasteiger charge is 2.16. The van der Waals surface area contributed by atoms with E-state index >= 15 is 0 Å². The number of alkyl halides is 2. The van der Waals surface area contributed by atoms with Crippen molar-refractivity contribution in [2.75, 3.05) is 25.0 Å². The average Bonchev–Trinajstić information content (AvgIpc) is 2.56. The molecule has 0 radical (unpaired) electrons. The fraction of sp³-hybridized carbons (Fsp3) is 0.250. The molecule has 2 rings (SSSR count). The molecule has 0 aliphatic rings. The molecule has 6 nitrogen and oxygen atoms in total. The van der Waals surface area contributed by atoms with Crippen molar-refractivity contribution < 1.29 is 23.4 Å². The molecule has 1 heterocycles. The monoisotopic (exact) mass is 337 g/mol. The molecule has 0 bridgehead atoms. The molecule has 24 heavy (non-hydrogen) atoms. The summed E-state index contributed by atoms with van der Waals surface area (Å²) in [7, 11) is 0. The number of urea groups is 1. The number of halogens is 2. The van der Waals surface area contributed by atoms with Gasteiger partial charge >= 0.3 is 12.6 Å². The molecule has 0 aliphatic heterocycles. The number of pyridine rings is 1. The zero-order chi connectivity index (χ0) is 17.5. The molecule has 0 aliphatic carbocycles. The first-order chi connectivity index (χ1) is 11.6. The fourth-order valence-corrected chi connectivity index (χ4v) is 2.19. The van der Waals surface area contributed by atoms with Crippen molar-refractivity contribution in [1.82, 2.24) is 9.88 Å². The summed E-state index contributed by atoms with van der Waals surface area (Å²) in [5, 5.41) is 12.2. The summed E-state index contributed by atoms with van der Waals surface area (Å²) in [5.74, 6) is -0.0723. The van der Waals surface area contributed by atoms with Crippen LogP contribution in [0, 0.1) is 0 Å². The zero-order valence-corrected chi connectivity index (χ0v) is 12.8. The Morgan fingerprint density at radius 2 is 2.25 bits per heavy atom. The number of anilines is 1. The van der Waals surface area contributed by atoms with Crippen molar-refractivity contribution in [3.8, 4) is 5.75 Å². The number of nitrogens with one attached hydrogen (secondary N) is 1. The third-order valence-corrected chi connectivity index (χ3v) is 3.20. The number of ether oxygens (including phenoxy) is 1. The third kappa shape index (κ3) is 4.17. The maximum absolute atomic E-state index is 12.5. The maximum atomic E-state index is 12.5. The summed E-state index contributed by atoms with van der Waals surface area (Å²) >= 11 is 0. The zero-order valence-electron chi connectivity index (χ0n) is 12.8. The van der Waals surface area contributed by atoms with Gasteiger partial charge < -0.3 is 20.1 Å². The number of carbonyl (C=O) groups excluding carboxylic acids is 1. The van der Waals surface area contributed by atoms with Gasteiger partial charge in [0.1, 0.15) is 5.52 Å². The number of aliphatic hydroxyl groups is 1. The van der Waals surface area contributed by atoms with Crippen molar-refractivity contribution in [1.29, 1.82) is 0 Å². The van der Waals surface area contributed by atoms with Crippen LogP contribution in [0.2, 0.25) is 0 Å². The number of hydrogen-bond donors (Lipinski definition) is 2. The van der Waals surface area contributed by atoms with E-state index in [1.165, 1.54) is 29.3 Å². The highest BCUT2D eigenvalue weighted by Crippen LogP contribution is 2.31. The van der Waals surface area contributed by atoms with Crippen LogP contribution in [-0.4, -0.2) is 47.3 Å². The van der Waals surface area contributed by atoms with E-state index in [1.807, 2.05) is 0 Å². The van der Waals surface area contributed by atoms with Crippen LogP contribution in [0.25, 0.3) is 10.9 Å². The first-order valence-electron chi connectivity index (χ1n) is 7.17. The average molecular weight is 337 g/mol. The summed E-state index contributed by atoms with van der Waals surface area (Å²) in [6, 6.07) is 5.60. The summed E-state index contributed by atoms with van der Waals surface area (Å²) < 4.78 is 29.4. The van der Waals surface area contributed by atoms with Crippen LogP contribution in [0.15, 0.2) is 43.1 Å². The lowest BCUT2D eigenvalue weighted by Gasteiger charge is -2.21. The molecule has 0 saturated carbocycles. The highest BCUT2D eigenvalue weighted by molar-refractivity contribution is 6.02. The highest BCUT2D eigenvalue weighted by atomic mass is 19.3. The van der Waals surface area contributed by atoms with Gasteiger partial charge in [0, 0.05) is 24.7 Å². The van der Waals surface area contributed by atoms with Gasteiger partial charge in [-0.15, -0.1) is 6.58 Å². The van der Waals surface area contributed by atoms with Gasteiger partial charge in [0.2, 0.25) is 0 Å². The molecule has 1 aromatic heterocycles. The minimum absolute atomic E-state index is 0.0723. The van der Waals surface area contributed by atoms with Crippen LogP contribution < -0.4 is 10.1 Å². The molecule has 0 saturated heterocycles. The number of benzene rings is 1. The molecule has 0 fully saturated rings. The largest absolute Gasteiger partial charge is 0.432 e. The first-order valence-corrected chi connectivity index (χ1v) is 7.17. The van der Waals surface area contributed by atoms with Crippen molar-refractivity contribution in [2.24, 2.45) is 0 Å². The van der Waals surface area contributed by atoms with E-state index in [9.17, 15) is 13.6 Å². The Morgan fingerprint density at radius 3 is 2.92 bits per heavy atom. The predicted molar refractivity (Wildman–Crippen MR) is 86.2 cm³/mol. The second-order valence-electron chi connectivity index (χ2n) is 4.78. The van der Waals surface area contributed by atoms with Gasteiger partial charge in [-0.1, -0.05) is 6.08 Å². The lowest BCUT2D eigenvalue weighted by Crippen LogP contribution is -2.37. The fourth-order valence-electron chi connectivity index (χ4n) is 2.19. The minimum atomic E-state index is -2.97. The van der Waals surface area contributed by atoms with Crippen LogP contribution in [0.4, 0.5) is 19.3 Å². The Hall–Kier alpha value is -2.74. The molecule has 8 heteroatoms. The molecule has 0 unspecified atom stereocenters. The van der Waals surface area contributed by atoms with Gasteiger partial charge in [-0.05, 0) is 24.3 Å². The number of fused-ring (bicyclic) bond motifs is 1. The van der Waals surface area contributed by atoms with E-state index in [1.54, 1.807) is 12.1 Å². The lowest BCUT2D eigenvalue weighted by atomic mass is 10.1. The summed E-state index contributed by atoms with van der Waals surface area (Å²) in [6.07, 6.45) is 2.98. The van der Waals surface area contributed by atoms with Crippen molar-refractivity contribution in [3.05, 3.63) is 43.1 Å². The van der Waals surface area contributed by atoms with E-state index in [0.29, 0.717) is 11.1 Å². The maximum Gasteiger partial charge on any atom is 0.387 e. The van der Waals surface area contributed by atoms with Crippen LogP contribution in [-0.2, 0) is 0 Å². The van der Waals surface area contributed by atoms with Crippen molar-refractivity contribution in [3.63, 3.8) is 0 Å². The molecule has 0 spiro atoms. The van der Waals surface area contributed by atoms with Gasteiger partial charge in [-0.2, -0.15) is 8.78 Å². The van der Waals surface area contributed by atoms with E-state index in [0.717, 1.165) is 0 Å². The number of amides is 2. The van der Waals surface area contributed by atoms with Gasteiger partial charge in [-0.25, -0.2) is 4.79 Å². The molecule has 2 N–H and O–H groups in total. The van der Waals surface area contributed by atoms with Gasteiger partial charge in [0.05, 0.1) is 12.3 Å². The Morgan fingerprint density at radius 1 is 1.46 bits per heavy atom. The first kappa shape index (κ1) is 17.6. The topological polar surface area (TPSA) is 74.7 Å². The lowest BCUT2D eigenvalue weighted by molar-refractivity contribution is -0.0489. The van der Waals surface area contributed by atoms with Gasteiger partial charge in [-0.3, -0.25) is 4.98 Å². The molecular formula is C16H17F2N3O3. The molecule has 2 aromatic rings. The predicted octanol–water partition coefficient (Wildman–Crippen LogP) is 2.85.